The molecule has 0 spiro atoms. The van der Waals surface area contributed by atoms with Crippen molar-refractivity contribution in [2.45, 2.75) is 25.3 Å². The van der Waals surface area contributed by atoms with Crippen LogP contribution < -0.4 is 5.32 Å². The molecule has 4 aromatic heterocycles. The minimum atomic E-state index is -0.100. The predicted molar refractivity (Wildman–Crippen MR) is 187 cm³/mol. The summed E-state index contributed by atoms with van der Waals surface area (Å²) < 4.78 is 0. The van der Waals surface area contributed by atoms with Crippen molar-refractivity contribution in [2.75, 3.05) is 31.5 Å². The number of carbonyl (C=O) groups is 2. The third kappa shape index (κ3) is 6.34. The van der Waals surface area contributed by atoms with E-state index in [0.717, 1.165) is 64.8 Å². The fourth-order valence-electron chi connectivity index (χ4n) is 6.81. The molecule has 2 aromatic carbocycles. The van der Waals surface area contributed by atoms with Crippen LogP contribution in [0.3, 0.4) is 0 Å². The van der Waals surface area contributed by atoms with Gasteiger partial charge in [-0.25, -0.2) is 15.0 Å². The Morgan fingerprint density at radius 1 is 0.735 bits per heavy atom. The van der Waals surface area contributed by atoms with Crippen LogP contribution in [0.5, 0.6) is 0 Å². The van der Waals surface area contributed by atoms with Crippen LogP contribution in [0, 0.1) is 5.92 Å². The molecular weight excluding hydrogens is 614 g/mol. The van der Waals surface area contributed by atoms with Crippen molar-refractivity contribution in [1.29, 1.82) is 0 Å². The second-order valence-corrected chi connectivity index (χ2v) is 12.6. The molecule has 6 heterocycles. The molecule has 2 aliphatic rings. The van der Waals surface area contributed by atoms with Crippen LogP contribution in [-0.2, 0) is 0 Å². The SMILES string of the molecule is O=C(c1ccccn1)N1CC[C@H](CNc2ncc(-c3ccc4cc(-c5cnc([C@@H]6CCCN6C(=O)c6ccccn6)[nH]5)ccc4c3)cn2)C1. The number of hydrogen-bond acceptors (Lipinski definition) is 8. The molecule has 0 saturated carbocycles. The fraction of sp³-hybridized carbons (Fsp3) is 0.237. The van der Waals surface area contributed by atoms with E-state index in [-0.39, 0.29) is 17.9 Å². The second kappa shape index (κ2) is 13.3. The van der Waals surface area contributed by atoms with Gasteiger partial charge in [-0.05, 0) is 77.9 Å². The molecule has 8 rings (SSSR count). The van der Waals surface area contributed by atoms with Crippen molar-refractivity contribution in [1.82, 2.24) is 39.7 Å². The standard InChI is InChI=1S/C38H35N9O2/c48-36(31-6-1-3-14-39-31)46-17-13-25(24-46)20-42-38-43-21-30(22-44-38)28-10-9-27-19-29(12-11-26(27)18-28)33-23-41-35(45-33)34-8-5-16-47(34)37(49)32-7-2-4-15-40-32/h1-4,6-7,9-12,14-15,18-19,21-23,25,34H,5,8,13,16-17,20,24H2,(H,41,45)(H,42,43,44)/t25-,34+/m1/s1. The zero-order chi connectivity index (χ0) is 33.2. The number of aromatic amines is 1. The number of imidazole rings is 1. The molecule has 2 N–H and O–H groups in total. The van der Waals surface area contributed by atoms with E-state index in [2.05, 4.69) is 66.6 Å². The van der Waals surface area contributed by atoms with Crippen LogP contribution in [0.15, 0.2) is 104 Å². The van der Waals surface area contributed by atoms with Gasteiger partial charge < -0.3 is 20.1 Å². The van der Waals surface area contributed by atoms with Crippen molar-refractivity contribution in [3.8, 4) is 22.4 Å². The maximum atomic E-state index is 13.1. The first kappa shape index (κ1) is 30.4. The van der Waals surface area contributed by atoms with Gasteiger partial charge in [-0.15, -0.1) is 0 Å². The summed E-state index contributed by atoms with van der Waals surface area (Å²) in [6.45, 7) is 2.80. The number of hydrogen-bond donors (Lipinski definition) is 2. The summed E-state index contributed by atoms with van der Waals surface area (Å²) in [6, 6.07) is 23.4. The lowest BCUT2D eigenvalue weighted by molar-refractivity contribution is 0.0723. The first-order valence-corrected chi connectivity index (χ1v) is 16.7. The van der Waals surface area contributed by atoms with Gasteiger partial charge in [-0.1, -0.05) is 36.4 Å². The number of benzene rings is 2. The van der Waals surface area contributed by atoms with Crippen LogP contribution in [0.25, 0.3) is 33.2 Å². The number of rotatable bonds is 8. The lowest BCUT2D eigenvalue weighted by Crippen LogP contribution is -2.31. The van der Waals surface area contributed by atoms with Gasteiger partial charge >= 0.3 is 0 Å². The Kier molecular flexibility index (Phi) is 8.22. The van der Waals surface area contributed by atoms with Gasteiger partial charge in [0.05, 0.1) is 17.9 Å². The highest BCUT2D eigenvalue weighted by atomic mass is 16.2. The Balaban J connectivity index is 0.899. The molecule has 2 aliphatic heterocycles. The van der Waals surface area contributed by atoms with E-state index in [9.17, 15) is 9.59 Å². The maximum Gasteiger partial charge on any atom is 0.273 e. The Hall–Kier alpha value is -5.97. The summed E-state index contributed by atoms with van der Waals surface area (Å²) in [5.74, 6) is 1.61. The molecule has 2 saturated heterocycles. The van der Waals surface area contributed by atoms with Gasteiger partial charge in [-0.2, -0.15) is 0 Å². The maximum absolute atomic E-state index is 13.1. The molecule has 11 heteroatoms. The van der Waals surface area contributed by atoms with Crippen molar-refractivity contribution >= 4 is 28.5 Å². The number of fused-ring (bicyclic) bond motifs is 1. The van der Waals surface area contributed by atoms with Gasteiger partial charge in [0, 0.05) is 62.1 Å². The van der Waals surface area contributed by atoms with Crippen molar-refractivity contribution in [3.63, 3.8) is 0 Å². The highest BCUT2D eigenvalue weighted by molar-refractivity contribution is 5.93. The normalized spacial score (nSPS) is 17.5. The molecule has 6 aromatic rings. The third-order valence-corrected chi connectivity index (χ3v) is 9.45. The van der Waals surface area contributed by atoms with Gasteiger partial charge in [-0.3, -0.25) is 19.6 Å². The van der Waals surface area contributed by atoms with Gasteiger partial charge in [0.2, 0.25) is 5.95 Å². The van der Waals surface area contributed by atoms with Crippen LogP contribution in [0.4, 0.5) is 5.95 Å². The monoisotopic (exact) mass is 649 g/mol. The van der Waals surface area contributed by atoms with Gasteiger partial charge in [0.15, 0.2) is 0 Å². The van der Waals surface area contributed by atoms with Crippen LogP contribution >= 0.6 is 0 Å². The van der Waals surface area contributed by atoms with E-state index in [1.165, 1.54) is 0 Å². The van der Waals surface area contributed by atoms with Gasteiger partial charge in [0.1, 0.15) is 17.2 Å². The molecular formula is C38H35N9O2. The first-order valence-electron chi connectivity index (χ1n) is 16.7. The average molecular weight is 650 g/mol. The molecule has 2 atom stereocenters. The van der Waals surface area contributed by atoms with Crippen LogP contribution in [-0.4, -0.2) is 77.7 Å². The second-order valence-electron chi connectivity index (χ2n) is 12.6. The number of likely N-dealkylation sites (tertiary alicyclic amines) is 2. The Morgan fingerprint density at radius 3 is 2.18 bits per heavy atom. The predicted octanol–water partition coefficient (Wildman–Crippen LogP) is 6.03. The van der Waals surface area contributed by atoms with E-state index in [0.29, 0.717) is 42.9 Å². The Labute approximate surface area is 283 Å². The van der Waals surface area contributed by atoms with Crippen LogP contribution in [0.1, 0.15) is 52.1 Å². The topological polar surface area (TPSA) is 133 Å². The highest BCUT2D eigenvalue weighted by Gasteiger charge is 2.33. The number of anilines is 1. The summed E-state index contributed by atoms with van der Waals surface area (Å²) in [7, 11) is 0. The van der Waals surface area contributed by atoms with E-state index >= 15 is 0 Å². The zero-order valence-corrected chi connectivity index (χ0v) is 26.9. The van der Waals surface area contributed by atoms with E-state index in [4.69, 9.17) is 4.98 Å². The molecule has 2 amide bonds. The number of aromatic nitrogens is 6. The Morgan fingerprint density at radius 2 is 1.45 bits per heavy atom. The number of amides is 2. The summed E-state index contributed by atoms with van der Waals surface area (Å²) >= 11 is 0. The largest absolute Gasteiger partial charge is 0.354 e. The van der Waals surface area contributed by atoms with Crippen LogP contribution in [0.2, 0.25) is 0 Å². The molecule has 49 heavy (non-hydrogen) atoms. The third-order valence-electron chi connectivity index (χ3n) is 9.45. The summed E-state index contributed by atoms with van der Waals surface area (Å²) in [5, 5.41) is 5.56. The summed E-state index contributed by atoms with van der Waals surface area (Å²) in [4.78, 5) is 55.4. The highest BCUT2D eigenvalue weighted by Crippen LogP contribution is 2.33. The average Bonchev–Trinajstić information content (AvgIpc) is 3.96. The summed E-state index contributed by atoms with van der Waals surface area (Å²) in [5.41, 5.74) is 4.86. The first-order chi connectivity index (χ1) is 24.1. The molecule has 2 fully saturated rings. The van der Waals surface area contributed by atoms with E-state index < -0.39 is 0 Å². The Bertz CT molecular complexity index is 2100. The number of nitrogens with one attached hydrogen (secondary N) is 2. The quantitative estimate of drug-likeness (QED) is 0.204. The number of H-pyrrole nitrogens is 1. The van der Waals surface area contributed by atoms with Crippen molar-refractivity contribution in [3.05, 3.63) is 121 Å². The molecule has 244 valence electrons. The lowest BCUT2D eigenvalue weighted by atomic mass is 10.0. The minimum absolute atomic E-state index is 0.0202. The summed E-state index contributed by atoms with van der Waals surface area (Å²) in [6.07, 6.45) is 11.6. The van der Waals surface area contributed by atoms with Gasteiger partial charge in [0.25, 0.3) is 11.8 Å². The molecule has 11 nitrogen and oxygen atoms in total. The van der Waals surface area contributed by atoms with Crippen molar-refractivity contribution < 1.29 is 9.59 Å². The number of nitrogens with zero attached hydrogens (tertiary/aromatic N) is 7. The molecule has 0 bridgehead atoms. The smallest absolute Gasteiger partial charge is 0.273 e. The zero-order valence-electron chi connectivity index (χ0n) is 26.9. The van der Waals surface area contributed by atoms with Crippen molar-refractivity contribution in [2.24, 2.45) is 5.92 Å². The molecule has 0 aliphatic carbocycles. The molecule has 0 unspecified atom stereocenters. The van der Waals surface area contributed by atoms with E-state index in [1.807, 2.05) is 52.7 Å². The van der Waals surface area contributed by atoms with E-state index in [1.54, 1.807) is 24.5 Å². The lowest BCUT2D eigenvalue weighted by Gasteiger charge is -2.22. The fourth-order valence-corrected chi connectivity index (χ4v) is 6.81. The number of carbonyl (C=O) groups excluding carboxylic acids is 2. The number of pyridine rings is 2. The molecule has 0 radical (unpaired) electrons. The minimum Gasteiger partial charge on any atom is -0.354 e.